The predicted octanol–water partition coefficient (Wildman–Crippen LogP) is 3.45. The van der Waals surface area contributed by atoms with Gasteiger partial charge in [-0.2, -0.15) is 5.26 Å². The molecule has 0 aliphatic heterocycles. The maximum atomic E-state index is 8.82. The number of hydrogen-bond acceptors (Lipinski definition) is 1. The molecule has 0 fully saturated rings. The van der Waals surface area contributed by atoms with E-state index >= 15 is 0 Å². The molecule has 2 rings (SSSR count). The average molecular weight is 261 g/mol. The van der Waals surface area contributed by atoms with Crippen LogP contribution in [0.15, 0.2) is 30.5 Å². The van der Waals surface area contributed by atoms with Crippen LogP contribution >= 0.6 is 15.9 Å². The highest BCUT2D eigenvalue weighted by atomic mass is 79.9. The van der Waals surface area contributed by atoms with Crippen molar-refractivity contribution in [3.8, 4) is 6.07 Å². The number of halogens is 1. The van der Waals surface area contributed by atoms with E-state index in [1.165, 1.54) is 0 Å². The van der Waals surface area contributed by atoms with Crippen molar-refractivity contribution in [2.24, 2.45) is 0 Å². The van der Waals surface area contributed by atoms with Gasteiger partial charge in [-0.3, -0.25) is 0 Å². The van der Waals surface area contributed by atoms with E-state index in [1.807, 2.05) is 36.5 Å². The van der Waals surface area contributed by atoms with Crippen LogP contribution in [0.4, 0.5) is 0 Å². The molecule has 74 valence electrons. The first-order valence-electron chi connectivity index (χ1n) is 4.59. The van der Waals surface area contributed by atoms with Gasteiger partial charge in [0.05, 0.1) is 11.6 Å². The van der Waals surface area contributed by atoms with Gasteiger partial charge in [0, 0.05) is 22.4 Å². The molecule has 0 bridgehead atoms. The van der Waals surface area contributed by atoms with E-state index in [9.17, 15) is 0 Å². The monoisotopic (exact) mass is 260 g/mol. The van der Waals surface area contributed by atoms with E-state index in [2.05, 4.69) is 27.0 Å². The molecular weight excluding hydrogens is 252 g/mol. The Morgan fingerprint density at radius 2 is 2.33 bits per heavy atom. The number of H-pyrrole nitrogens is 1. The molecule has 2 nitrogen and oxygen atoms in total. The van der Waals surface area contributed by atoms with E-state index in [4.69, 9.17) is 5.26 Å². The molecule has 0 amide bonds. The summed E-state index contributed by atoms with van der Waals surface area (Å²) >= 11 is 3.34. The van der Waals surface area contributed by atoms with Crippen molar-refractivity contribution in [3.05, 3.63) is 41.6 Å². The number of benzene rings is 1. The third-order valence-corrected chi connectivity index (χ3v) is 2.60. The second kappa shape index (κ2) is 4.33. The predicted molar refractivity (Wildman–Crippen MR) is 65.8 cm³/mol. The Bertz CT molecular complexity index is 546. The number of rotatable bonds is 2. The quantitative estimate of drug-likeness (QED) is 0.826. The van der Waals surface area contributed by atoms with Gasteiger partial charge in [0.2, 0.25) is 0 Å². The first-order chi connectivity index (χ1) is 7.35. The topological polar surface area (TPSA) is 39.6 Å². The summed E-state index contributed by atoms with van der Waals surface area (Å²) in [6, 6.07) is 7.79. The van der Waals surface area contributed by atoms with Crippen molar-refractivity contribution in [1.82, 2.24) is 4.98 Å². The van der Waals surface area contributed by atoms with E-state index in [0.29, 0.717) is 5.56 Å². The van der Waals surface area contributed by atoms with Crippen LogP contribution in [0.1, 0.15) is 11.1 Å². The number of nitrogens with zero attached hydrogens (tertiary/aromatic N) is 1. The highest BCUT2D eigenvalue weighted by Crippen LogP contribution is 2.20. The van der Waals surface area contributed by atoms with Crippen molar-refractivity contribution >= 4 is 32.9 Å². The summed E-state index contributed by atoms with van der Waals surface area (Å²) in [4.78, 5) is 3.17. The largest absolute Gasteiger partial charge is 0.361 e. The minimum Gasteiger partial charge on any atom is -0.361 e. The third-order valence-electron chi connectivity index (χ3n) is 2.23. The van der Waals surface area contributed by atoms with Crippen LogP contribution in [0.25, 0.3) is 17.0 Å². The van der Waals surface area contributed by atoms with Crippen LogP contribution in [0.3, 0.4) is 0 Å². The number of nitriles is 1. The summed E-state index contributed by atoms with van der Waals surface area (Å²) in [6.07, 6.45) is 6.02. The van der Waals surface area contributed by atoms with Crippen LogP contribution in [0.2, 0.25) is 0 Å². The van der Waals surface area contributed by atoms with E-state index in [1.54, 1.807) is 0 Å². The van der Waals surface area contributed by atoms with Crippen LogP contribution in [0, 0.1) is 11.3 Å². The van der Waals surface area contributed by atoms with E-state index in [0.717, 1.165) is 21.8 Å². The molecule has 1 aromatic carbocycles. The number of allylic oxidation sites excluding steroid dienone is 1. The van der Waals surface area contributed by atoms with Crippen molar-refractivity contribution in [3.63, 3.8) is 0 Å². The summed E-state index contributed by atoms with van der Waals surface area (Å²) in [5, 5.41) is 10.7. The van der Waals surface area contributed by atoms with Gasteiger partial charge in [0.1, 0.15) is 0 Å². The van der Waals surface area contributed by atoms with Gasteiger partial charge in [-0.25, -0.2) is 0 Å². The van der Waals surface area contributed by atoms with Crippen molar-refractivity contribution in [2.45, 2.75) is 0 Å². The highest BCUT2D eigenvalue weighted by molar-refractivity contribution is 9.09. The Kier molecular flexibility index (Phi) is 2.89. The van der Waals surface area contributed by atoms with Gasteiger partial charge < -0.3 is 4.98 Å². The lowest BCUT2D eigenvalue weighted by Gasteiger charge is -1.92. The molecule has 1 N–H and O–H groups in total. The van der Waals surface area contributed by atoms with Gasteiger partial charge in [-0.1, -0.05) is 28.1 Å². The highest BCUT2D eigenvalue weighted by Gasteiger charge is 2.01. The lowest BCUT2D eigenvalue weighted by molar-refractivity contribution is 1.46. The zero-order valence-corrected chi connectivity index (χ0v) is 9.58. The van der Waals surface area contributed by atoms with Crippen molar-refractivity contribution in [1.29, 1.82) is 5.26 Å². The lowest BCUT2D eigenvalue weighted by Crippen LogP contribution is -1.74. The number of nitrogens with one attached hydrogen (secondary N) is 1. The summed E-state index contributed by atoms with van der Waals surface area (Å²) in [5.41, 5.74) is 2.86. The molecule has 0 aliphatic rings. The van der Waals surface area contributed by atoms with E-state index in [-0.39, 0.29) is 0 Å². The lowest BCUT2D eigenvalue weighted by atomic mass is 10.1. The number of alkyl halides is 1. The Morgan fingerprint density at radius 1 is 1.47 bits per heavy atom. The minimum absolute atomic E-state index is 0.690. The Hall–Kier alpha value is -1.53. The normalized spacial score (nSPS) is 10.9. The molecule has 0 spiro atoms. The van der Waals surface area contributed by atoms with E-state index < -0.39 is 0 Å². The molecular formula is C12H9BrN2. The third kappa shape index (κ3) is 1.95. The van der Waals surface area contributed by atoms with Gasteiger partial charge >= 0.3 is 0 Å². The first-order valence-corrected chi connectivity index (χ1v) is 5.71. The molecule has 3 heteroatoms. The zero-order valence-electron chi connectivity index (χ0n) is 8.00. The second-order valence-electron chi connectivity index (χ2n) is 3.17. The van der Waals surface area contributed by atoms with Crippen LogP contribution in [-0.2, 0) is 0 Å². The van der Waals surface area contributed by atoms with Crippen LogP contribution in [0.5, 0.6) is 0 Å². The number of aromatic nitrogens is 1. The fourth-order valence-corrected chi connectivity index (χ4v) is 1.71. The fourth-order valence-electron chi connectivity index (χ4n) is 1.52. The fraction of sp³-hybridized carbons (Fsp3) is 0.0833. The number of aromatic amines is 1. The second-order valence-corrected chi connectivity index (χ2v) is 3.82. The minimum atomic E-state index is 0.690. The Morgan fingerprint density at radius 3 is 3.07 bits per heavy atom. The number of hydrogen-bond donors (Lipinski definition) is 1. The van der Waals surface area contributed by atoms with Crippen LogP contribution in [-0.4, -0.2) is 10.3 Å². The van der Waals surface area contributed by atoms with Gasteiger partial charge in [-0.15, -0.1) is 0 Å². The Balaban J connectivity index is 2.57. The standard InChI is InChI=1S/C12H9BrN2/c13-5-1-2-10-8-15-12-4-3-9(7-14)6-11(10)12/h1-4,6,8,15H,5H2. The molecule has 0 aliphatic carbocycles. The Labute approximate surface area is 96.4 Å². The summed E-state index contributed by atoms with van der Waals surface area (Å²) in [5.74, 6) is 0. The maximum Gasteiger partial charge on any atom is 0.0991 e. The van der Waals surface area contributed by atoms with Gasteiger partial charge in [0.25, 0.3) is 0 Å². The maximum absolute atomic E-state index is 8.82. The van der Waals surface area contributed by atoms with Gasteiger partial charge in [-0.05, 0) is 23.8 Å². The van der Waals surface area contributed by atoms with Crippen molar-refractivity contribution in [2.75, 3.05) is 5.33 Å². The molecule has 0 unspecified atom stereocenters. The zero-order chi connectivity index (χ0) is 10.7. The smallest absolute Gasteiger partial charge is 0.0991 e. The summed E-state index contributed by atoms with van der Waals surface area (Å²) < 4.78 is 0. The molecule has 1 aromatic heterocycles. The molecule has 0 saturated heterocycles. The average Bonchev–Trinajstić information content (AvgIpc) is 2.68. The molecule has 0 radical (unpaired) electrons. The molecule has 0 atom stereocenters. The molecule has 2 aromatic rings. The van der Waals surface area contributed by atoms with Gasteiger partial charge in [0.15, 0.2) is 0 Å². The summed E-state index contributed by atoms with van der Waals surface area (Å²) in [6.45, 7) is 0. The molecule has 15 heavy (non-hydrogen) atoms. The van der Waals surface area contributed by atoms with Crippen LogP contribution < -0.4 is 0 Å². The molecule has 0 saturated carbocycles. The molecule has 1 heterocycles. The SMILES string of the molecule is N#Cc1ccc2[nH]cc(C=CCBr)c2c1. The van der Waals surface area contributed by atoms with Crippen molar-refractivity contribution < 1.29 is 0 Å². The summed E-state index contributed by atoms with van der Waals surface area (Å²) in [7, 11) is 0. The first kappa shape index (κ1) is 10.0. The number of fused-ring (bicyclic) bond motifs is 1.